The van der Waals surface area contributed by atoms with Crippen LogP contribution in [0.25, 0.3) is 11.4 Å². The number of nitrogens with zero attached hydrogens (tertiary/aromatic N) is 3. The predicted octanol–water partition coefficient (Wildman–Crippen LogP) is 3.86. The smallest absolute Gasteiger partial charge is 0.246 e. The van der Waals surface area contributed by atoms with E-state index in [0.717, 1.165) is 22.3 Å². The van der Waals surface area contributed by atoms with E-state index in [4.69, 9.17) is 4.52 Å². The van der Waals surface area contributed by atoms with E-state index >= 15 is 0 Å². The first kappa shape index (κ1) is 17.9. The van der Waals surface area contributed by atoms with Gasteiger partial charge in [-0.25, -0.2) is 0 Å². The Balaban J connectivity index is 1.67. The molecular weight excluding hydrogens is 326 g/mol. The highest BCUT2D eigenvalue weighted by atomic mass is 16.5. The molecule has 0 aliphatic carbocycles. The van der Waals surface area contributed by atoms with E-state index in [1.54, 1.807) is 11.9 Å². The quantitative estimate of drug-likeness (QED) is 0.702. The average Bonchev–Trinajstić information content (AvgIpc) is 3.06. The van der Waals surface area contributed by atoms with Crippen molar-refractivity contribution in [1.29, 1.82) is 0 Å². The first-order chi connectivity index (χ1) is 12.4. The third-order valence-corrected chi connectivity index (χ3v) is 4.49. The van der Waals surface area contributed by atoms with Crippen molar-refractivity contribution in [3.8, 4) is 11.4 Å². The van der Waals surface area contributed by atoms with Gasteiger partial charge in [0.2, 0.25) is 17.6 Å². The number of amides is 1. The number of aryl methyl sites for hydroxylation is 3. The minimum absolute atomic E-state index is 0.0209. The minimum Gasteiger partial charge on any atom is -0.337 e. The molecule has 1 amide bonds. The molecule has 5 nitrogen and oxygen atoms in total. The molecular formula is C21H23N3O2. The molecule has 0 spiro atoms. The molecule has 0 aliphatic rings. The minimum atomic E-state index is 0.0209. The van der Waals surface area contributed by atoms with E-state index in [2.05, 4.69) is 16.2 Å². The zero-order chi connectivity index (χ0) is 18.7. The van der Waals surface area contributed by atoms with Crippen molar-refractivity contribution in [1.82, 2.24) is 15.0 Å². The van der Waals surface area contributed by atoms with Gasteiger partial charge in [0.25, 0.3) is 0 Å². The monoisotopic (exact) mass is 349 g/mol. The van der Waals surface area contributed by atoms with Gasteiger partial charge in [-0.15, -0.1) is 0 Å². The van der Waals surface area contributed by atoms with Gasteiger partial charge in [0.15, 0.2) is 0 Å². The summed E-state index contributed by atoms with van der Waals surface area (Å²) in [5.74, 6) is 1.00. The third-order valence-electron chi connectivity index (χ3n) is 4.49. The highest BCUT2D eigenvalue weighted by molar-refractivity contribution is 5.78. The van der Waals surface area contributed by atoms with Crippen LogP contribution in [-0.2, 0) is 17.8 Å². The zero-order valence-corrected chi connectivity index (χ0v) is 15.6. The maximum absolute atomic E-state index is 12.5. The molecule has 0 saturated heterocycles. The predicted molar refractivity (Wildman–Crippen MR) is 101 cm³/mol. The molecule has 3 aromatic rings. The first-order valence-corrected chi connectivity index (χ1v) is 8.62. The number of carbonyl (C=O) groups excluding carboxylic acids is 1. The maximum atomic E-state index is 12.5. The lowest BCUT2D eigenvalue weighted by atomic mass is 10.0. The molecule has 0 saturated carbocycles. The van der Waals surface area contributed by atoms with Crippen molar-refractivity contribution in [3.05, 3.63) is 70.6 Å². The molecule has 3 rings (SSSR count). The van der Waals surface area contributed by atoms with Crippen LogP contribution in [0, 0.1) is 20.8 Å². The summed E-state index contributed by atoms with van der Waals surface area (Å²) in [4.78, 5) is 18.6. The Morgan fingerprint density at radius 1 is 1.08 bits per heavy atom. The molecule has 134 valence electrons. The van der Waals surface area contributed by atoms with Gasteiger partial charge >= 0.3 is 0 Å². The molecule has 0 fully saturated rings. The Morgan fingerprint density at radius 3 is 2.58 bits per heavy atom. The Morgan fingerprint density at radius 2 is 1.85 bits per heavy atom. The van der Waals surface area contributed by atoms with Gasteiger partial charge in [-0.3, -0.25) is 4.79 Å². The average molecular weight is 349 g/mol. The van der Waals surface area contributed by atoms with Crippen molar-refractivity contribution in [2.24, 2.45) is 0 Å². The third kappa shape index (κ3) is 3.99. The van der Waals surface area contributed by atoms with Crippen molar-refractivity contribution in [2.75, 3.05) is 7.05 Å². The van der Waals surface area contributed by atoms with Crippen LogP contribution in [0.5, 0.6) is 0 Å². The van der Waals surface area contributed by atoms with Crippen LogP contribution in [0.3, 0.4) is 0 Å². The molecule has 0 bridgehead atoms. The van der Waals surface area contributed by atoms with Crippen LogP contribution in [0.4, 0.5) is 0 Å². The van der Waals surface area contributed by atoms with Gasteiger partial charge < -0.3 is 9.42 Å². The Labute approximate surface area is 153 Å². The fraction of sp³-hybridized carbons (Fsp3) is 0.286. The van der Waals surface area contributed by atoms with Crippen molar-refractivity contribution < 1.29 is 9.32 Å². The number of rotatable bonds is 5. The summed E-state index contributed by atoms with van der Waals surface area (Å²) in [6.07, 6.45) is 0.363. The van der Waals surface area contributed by atoms with E-state index in [-0.39, 0.29) is 5.91 Å². The van der Waals surface area contributed by atoms with E-state index in [1.807, 2.05) is 57.2 Å². The Bertz CT molecular complexity index is 931. The van der Waals surface area contributed by atoms with E-state index in [9.17, 15) is 4.79 Å². The second-order valence-electron chi connectivity index (χ2n) is 6.68. The van der Waals surface area contributed by atoms with Gasteiger partial charge in [-0.1, -0.05) is 53.2 Å². The highest BCUT2D eigenvalue weighted by Gasteiger charge is 2.16. The summed E-state index contributed by atoms with van der Waals surface area (Å²) < 4.78 is 5.33. The fourth-order valence-electron chi connectivity index (χ4n) is 2.89. The van der Waals surface area contributed by atoms with Gasteiger partial charge in [0, 0.05) is 12.6 Å². The number of hydrogen-bond donors (Lipinski definition) is 0. The van der Waals surface area contributed by atoms with Crippen LogP contribution in [0.1, 0.15) is 28.1 Å². The largest absolute Gasteiger partial charge is 0.337 e. The first-order valence-electron chi connectivity index (χ1n) is 8.62. The summed E-state index contributed by atoms with van der Waals surface area (Å²) in [6, 6.07) is 14.0. The van der Waals surface area contributed by atoms with Crippen molar-refractivity contribution in [3.63, 3.8) is 0 Å². The number of hydrogen-bond acceptors (Lipinski definition) is 4. The van der Waals surface area contributed by atoms with Gasteiger partial charge in [0.1, 0.15) is 0 Å². The molecule has 26 heavy (non-hydrogen) atoms. The number of carbonyl (C=O) groups is 1. The highest BCUT2D eigenvalue weighted by Crippen LogP contribution is 2.20. The van der Waals surface area contributed by atoms with E-state index in [0.29, 0.717) is 24.7 Å². The summed E-state index contributed by atoms with van der Waals surface area (Å²) in [5, 5.41) is 4.04. The molecule has 0 N–H and O–H groups in total. The van der Waals surface area contributed by atoms with Crippen LogP contribution >= 0.6 is 0 Å². The molecule has 1 aromatic heterocycles. The van der Waals surface area contributed by atoms with E-state index in [1.165, 1.54) is 5.56 Å². The normalized spacial score (nSPS) is 10.8. The van der Waals surface area contributed by atoms with Gasteiger partial charge in [-0.2, -0.15) is 4.98 Å². The molecule has 0 aliphatic heterocycles. The number of benzene rings is 2. The summed E-state index contributed by atoms with van der Waals surface area (Å²) in [5.41, 5.74) is 5.39. The van der Waals surface area contributed by atoms with Crippen LogP contribution < -0.4 is 0 Å². The molecule has 2 aromatic carbocycles. The number of likely N-dealkylation sites (N-methyl/N-ethyl adjacent to an activating group) is 1. The molecule has 1 heterocycles. The summed E-state index contributed by atoms with van der Waals surface area (Å²) >= 11 is 0. The molecule has 0 atom stereocenters. The number of aromatic nitrogens is 2. The molecule has 5 heteroatoms. The molecule has 0 radical (unpaired) electrons. The SMILES string of the molecule is Cc1ccc(CC(=O)N(C)Cc2nc(-c3ccccc3C)no2)c(C)c1. The lowest BCUT2D eigenvalue weighted by Crippen LogP contribution is -2.28. The summed E-state index contributed by atoms with van der Waals surface area (Å²) in [7, 11) is 1.75. The lowest BCUT2D eigenvalue weighted by molar-refractivity contribution is -0.130. The van der Waals surface area contributed by atoms with Gasteiger partial charge in [-0.05, 0) is 37.5 Å². The zero-order valence-electron chi connectivity index (χ0n) is 15.6. The van der Waals surface area contributed by atoms with Crippen LogP contribution in [-0.4, -0.2) is 28.0 Å². The Hall–Kier alpha value is -2.95. The second kappa shape index (κ2) is 7.52. The standard InChI is InChI=1S/C21H23N3O2/c1-14-9-10-17(16(3)11-14)12-20(25)24(4)13-19-22-21(23-26-19)18-8-6-5-7-15(18)2/h5-11H,12-13H2,1-4H3. The van der Waals surface area contributed by atoms with Gasteiger partial charge in [0.05, 0.1) is 13.0 Å². The fourth-order valence-corrected chi connectivity index (χ4v) is 2.89. The summed E-state index contributed by atoms with van der Waals surface area (Å²) in [6.45, 7) is 6.38. The van der Waals surface area contributed by atoms with E-state index < -0.39 is 0 Å². The Kier molecular flexibility index (Phi) is 5.16. The lowest BCUT2D eigenvalue weighted by Gasteiger charge is -2.15. The van der Waals surface area contributed by atoms with Crippen molar-refractivity contribution >= 4 is 5.91 Å². The van der Waals surface area contributed by atoms with Crippen molar-refractivity contribution in [2.45, 2.75) is 33.7 Å². The molecule has 0 unspecified atom stereocenters. The second-order valence-corrected chi connectivity index (χ2v) is 6.68. The maximum Gasteiger partial charge on any atom is 0.246 e. The van der Waals surface area contributed by atoms with Crippen LogP contribution in [0.2, 0.25) is 0 Å². The topological polar surface area (TPSA) is 59.2 Å². The van der Waals surface area contributed by atoms with Crippen LogP contribution in [0.15, 0.2) is 47.0 Å².